The summed E-state index contributed by atoms with van der Waals surface area (Å²) in [6.07, 6.45) is 0. The Labute approximate surface area is 265 Å². The maximum atomic E-state index is 11.0. The van der Waals surface area contributed by atoms with E-state index in [0.717, 1.165) is 38.2 Å². The summed E-state index contributed by atoms with van der Waals surface area (Å²) < 4.78 is 0. The monoisotopic (exact) mass is 618 g/mol. The average Bonchev–Trinajstić information content (AvgIpc) is 3.01. The van der Waals surface area contributed by atoms with Crippen LogP contribution in [0.2, 0.25) is 10.0 Å². The lowest BCUT2D eigenvalue weighted by atomic mass is 9.96. The van der Waals surface area contributed by atoms with Crippen molar-refractivity contribution in [3.8, 4) is 22.6 Å². The molecule has 0 heterocycles. The minimum Gasteiger partial charge on any atom is -0.505 e. The van der Waals surface area contributed by atoms with Gasteiger partial charge in [0.1, 0.15) is 34.2 Å². The fourth-order valence-electron chi connectivity index (χ4n) is 5.18. The summed E-state index contributed by atoms with van der Waals surface area (Å²) >= 11 is 13.3. The van der Waals surface area contributed by atoms with Crippen molar-refractivity contribution in [2.75, 3.05) is 0 Å². The highest BCUT2D eigenvalue weighted by molar-refractivity contribution is 6.34. The van der Waals surface area contributed by atoms with E-state index in [1.54, 1.807) is 24.3 Å². The molecule has 8 heteroatoms. The average molecular weight is 620 g/mol. The van der Waals surface area contributed by atoms with Crippen molar-refractivity contribution < 1.29 is 10.2 Å². The number of halogens is 2. The van der Waals surface area contributed by atoms with Crippen molar-refractivity contribution in [2.45, 2.75) is 26.7 Å². The van der Waals surface area contributed by atoms with Gasteiger partial charge < -0.3 is 10.2 Å². The molecule has 0 unspecified atom stereocenters. The fourth-order valence-corrected chi connectivity index (χ4v) is 5.62. The molecule has 6 aromatic carbocycles. The number of phenolic OH excluding ortho intramolecular Hbond substituents is 2. The SMILES string of the molecule is Cc1cc2ccccc2c(N=Nc2ccc(-c3ccc(N=Nc4c(O)c(C(C)C)cc5ccccc45)c(Cl)c3)cc2Cl)c1O. The predicted molar refractivity (Wildman–Crippen MR) is 180 cm³/mol. The Morgan fingerprint density at radius 3 is 1.55 bits per heavy atom. The highest BCUT2D eigenvalue weighted by atomic mass is 35.5. The quantitative estimate of drug-likeness (QED) is 0.182. The number of aromatic hydroxyl groups is 2. The zero-order valence-electron chi connectivity index (χ0n) is 24.3. The van der Waals surface area contributed by atoms with Crippen LogP contribution in [0.3, 0.4) is 0 Å². The van der Waals surface area contributed by atoms with E-state index in [-0.39, 0.29) is 17.4 Å². The van der Waals surface area contributed by atoms with E-state index in [0.29, 0.717) is 38.4 Å². The Morgan fingerprint density at radius 2 is 1.05 bits per heavy atom. The molecular formula is C36H28Cl2N4O2. The van der Waals surface area contributed by atoms with Crippen LogP contribution >= 0.6 is 23.2 Å². The number of azo groups is 2. The minimum absolute atomic E-state index is 0.0862. The molecular weight excluding hydrogens is 591 g/mol. The number of hydrogen-bond acceptors (Lipinski definition) is 6. The predicted octanol–water partition coefficient (Wildman–Crippen LogP) is 12.6. The molecule has 0 saturated carbocycles. The Kier molecular flexibility index (Phi) is 8.04. The second-order valence-electron chi connectivity index (χ2n) is 10.9. The van der Waals surface area contributed by atoms with Gasteiger partial charge in [-0.1, -0.05) is 97.7 Å². The number of aryl methyl sites for hydroxylation is 1. The summed E-state index contributed by atoms with van der Waals surface area (Å²) in [4.78, 5) is 0. The summed E-state index contributed by atoms with van der Waals surface area (Å²) in [7, 11) is 0. The van der Waals surface area contributed by atoms with Gasteiger partial charge in [-0.3, -0.25) is 0 Å². The van der Waals surface area contributed by atoms with Crippen molar-refractivity contribution in [2.24, 2.45) is 20.5 Å². The molecule has 0 spiro atoms. The summed E-state index contributed by atoms with van der Waals surface area (Å²) in [6, 6.07) is 30.3. The van der Waals surface area contributed by atoms with Gasteiger partial charge in [-0.05, 0) is 82.3 Å². The summed E-state index contributed by atoms with van der Waals surface area (Å²) in [6.45, 7) is 5.88. The van der Waals surface area contributed by atoms with E-state index in [4.69, 9.17) is 23.2 Å². The van der Waals surface area contributed by atoms with E-state index in [1.807, 2.05) is 93.6 Å². The zero-order chi connectivity index (χ0) is 31.0. The van der Waals surface area contributed by atoms with Crippen LogP contribution in [0.15, 0.2) is 118 Å². The van der Waals surface area contributed by atoms with Crippen molar-refractivity contribution in [1.82, 2.24) is 0 Å². The number of hydrogen-bond donors (Lipinski definition) is 2. The first kappa shape index (κ1) is 29.3. The first-order chi connectivity index (χ1) is 21.2. The lowest BCUT2D eigenvalue weighted by Gasteiger charge is -2.13. The Morgan fingerprint density at radius 1 is 0.568 bits per heavy atom. The number of nitrogens with zero attached hydrogens (tertiary/aromatic N) is 4. The number of fused-ring (bicyclic) bond motifs is 2. The first-order valence-corrected chi connectivity index (χ1v) is 14.9. The third-order valence-electron chi connectivity index (χ3n) is 7.58. The van der Waals surface area contributed by atoms with Crippen molar-refractivity contribution in [1.29, 1.82) is 0 Å². The third-order valence-corrected chi connectivity index (χ3v) is 8.18. The molecule has 0 aliphatic carbocycles. The second-order valence-corrected chi connectivity index (χ2v) is 11.7. The van der Waals surface area contributed by atoms with E-state index >= 15 is 0 Å². The van der Waals surface area contributed by atoms with E-state index in [2.05, 4.69) is 20.5 Å². The minimum atomic E-state index is 0.0862. The molecule has 6 rings (SSSR count). The maximum Gasteiger partial charge on any atom is 0.147 e. The van der Waals surface area contributed by atoms with Crippen LogP contribution < -0.4 is 0 Å². The van der Waals surface area contributed by atoms with Crippen molar-refractivity contribution in [3.63, 3.8) is 0 Å². The molecule has 0 amide bonds. The molecule has 0 saturated heterocycles. The van der Waals surface area contributed by atoms with E-state index < -0.39 is 0 Å². The highest BCUT2D eigenvalue weighted by Gasteiger charge is 2.16. The number of phenols is 2. The fraction of sp³-hybridized carbons (Fsp3) is 0.111. The third kappa shape index (κ3) is 5.62. The first-order valence-electron chi connectivity index (χ1n) is 14.1. The van der Waals surface area contributed by atoms with Crippen LogP contribution in [-0.4, -0.2) is 10.2 Å². The van der Waals surface area contributed by atoms with Gasteiger partial charge in [0.25, 0.3) is 0 Å². The lowest BCUT2D eigenvalue weighted by molar-refractivity contribution is 0.467. The van der Waals surface area contributed by atoms with Gasteiger partial charge in [-0.15, -0.1) is 20.5 Å². The van der Waals surface area contributed by atoms with Crippen LogP contribution in [0.5, 0.6) is 11.5 Å². The molecule has 218 valence electrons. The maximum absolute atomic E-state index is 11.0. The number of benzene rings is 6. The molecule has 44 heavy (non-hydrogen) atoms. The van der Waals surface area contributed by atoms with Gasteiger partial charge in [0.05, 0.1) is 10.0 Å². The largest absolute Gasteiger partial charge is 0.505 e. The Bertz CT molecular complexity index is 2120. The number of rotatable bonds is 6. The van der Waals surface area contributed by atoms with Crippen LogP contribution in [0.1, 0.15) is 30.9 Å². The smallest absolute Gasteiger partial charge is 0.147 e. The molecule has 0 aliphatic heterocycles. The lowest BCUT2D eigenvalue weighted by Crippen LogP contribution is -1.89. The standard InChI is InChI=1S/C36H28Cl2N4O2/c1-20(2)28-17-25-9-5-7-11-27(25)34(36(28)44)42-40-32-15-13-23(19-30(32)38)22-12-14-31(29(37)18-22)39-41-33-26-10-6-4-8-24(26)16-21(3)35(33)43/h4-20,43-44H,1-3H3. The highest BCUT2D eigenvalue weighted by Crippen LogP contribution is 2.43. The molecule has 6 aromatic rings. The second kappa shape index (κ2) is 12.1. The van der Waals surface area contributed by atoms with Gasteiger partial charge in [-0.25, -0.2) is 0 Å². The molecule has 0 radical (unpaired) electrons. The topological polar surface area (TPSA) is 89.9 Å². The molecule has 0 aliphatic rings. The van der Waals surface area contributed by atoms with E-state index in [9.17, 15) is 10.2 Å². The Balaban J connectivity index is 1.28. The summed E-state index contributed by atoms with van der Waals surface area (Å²) in [5.74, 6) is 0.321. The molecule has 0 atom stereocenters. The van der Waals surface area contributed by atoms with E-state index in [1.165, 1.54) is 0 Å². The van der Waals surface area contributed by atoms with Gasteiger partial charge in [0.15, 0.2) is 0 Å². The normalized spacial score (nSPS) is 12.0. The summed E-state index contributed by atoms with van der Waals surface area (Å²) in [5.41, 5.74) is 4.93. The summed E-state index contributed by atoms with van der Waals surface area (Å²) in [5, 5.41) is 43.6. The van der Waals surface area contributed by atoms with Gasteiger partial charge in [0.2, 0.25) is 0 Å². The van der Waals surface area contributed by atoms with Crippen LogP contribution in [0.4, 0.5) is 22.7 Å². The van der Waals surface area contributed by atoms with Crippen LogP contribution in [0, 0.1) is 6.92 Å². The molecule has 6 nitrogen and oxygen atoms in total. The van der Waals surface area contributed by atoms with Crippen LogP contribution in [0.25, 0.3) is 32.7 Å². The Hall–Kier alpha value is -4.78. The van der Waals surface area contributed by atoms with Crippen molar-refractivity contribution >= 4 is 67.5 Å². The van der Waals surface area contributed by atoms with Gasteiger partial charge in [-0.2, -0.15) is 0 Å². The van der Waals surface area contributed by atoms with Gasteiger partial charge >= 0.3 is 0 Å². The molecule has 0 bridgehead atoms. The van der Waals surface area contributed by atoms with Crippen molar-refractivity contribution in [3.05, 3.63) is 118 Å². The zero-order valence-corrected chi connectivity index (χ0v) is 25.8. The van der Waals surface area contributed by atoms with Crippen LogP contribution in [-0.2, 0) is 0 Å². The molecule has 0 aromatic heterocycles. The van der Waals surface area contributed by atoms with Gasteiger partial charge in [0, 0.05) is 10.8 Å². The molecule has 0 fully saturated rings. The molecule has 2 N–H and O–H groups in total.